The zero-order chi connectivity index (χ0) is 13.2. The Bertz CT molecular complexity index is 461. The van der Waals surface area contributed by atoms with Gasteiger partial charge in [0.05, 0.1) is 12.2 Å². The number of halogens is 2. The summed E-state index contributed by atoms with van der Waals surface area (Å²) in [7, 11) is 0. The lowest BCUT2D eigenvalue weighted by Crippen LogP contribution is -2.43. The van der Waals surface area contributed by atoms with E-state index < -0.39 is 11.4 Å². The van der Waals surface area contributed by atoms with Crippen LogP contribution in [0.1, 0.15) is 16.8 Å². The second kappa shape index (κ2) is 5.34. The molecular weight excluding hydrogens is 305 g/mol. The summed E-state index contributed by atoms with van der Waals surface area (Å²) in [5, 5.41) is 12.6. The number of carbonyl (C=O) groups is 1. The second-order valence-corrected chi connectivity index (χ2v) is 5.19. The highest BCUT2D eigenvalue weighted by molar-refractivity contribution is 9.10. The topological polar surface area (TPSA) is 58.6 Å². The Labute approximate surface area is 112 Å². The van der Waals surface area contributed by atoms with Gasteiger partial charge in [-0.25, -0.2) is 4.39 Å². The van der Waals surface area contributed by atoms with Gasteiger partial charge in [0, 0.05) is 24.0 Å². The van der Waals surface area contributed by atoms with Crippen molar-refractivity contribution in [3.05, 3.63) is 34.1 Å². The predicted octanol–water partition coefficient (Wildman–Crippen LogP) is 1.47. The molecule has 1 amide bonds. The van der Waals surface area contributed by atoms with Crippen molar-refractivity contribution in [2.24, 2.45) is 0 Å². The molecule has 0 aliphatic carbocycles. The smallest absolute Gasteiger partial charge is 0.252 e. The minimum absolute atomic E-state index is 0.121. The minimum atomic E-state index is -0.998. The summed E-state index contributed by atoms with van der Waals surface area (Å²) >= 11 is 3.13. The van der Waals surface area contributed by atoms with Gasteiger partial charge in [0.2, 0.25) is 0 Å². The van der Waals surface area contributed by atoms with Gasteiger partial charge in [-0.2, -0.15) is 0 Å². The summed E-state index contributed by atoms with van der Waals surface area (Å²) in [6, 6.07) is 3.83. The van der Waals surface area contributed by atoms with Gasteiger partial charge < -0.3 is 15.2 Å². The minimum Gasteiger partial charge on any atom is -0.386 e. The maximum Gasteiger partial charge on any atom is 0.252 e. The van der Waals surface area contributed by atoms with Crippen molar-refractivity contribution in [2.45, 2.75) is 12.0 Å². The van der Waals surface area contributed by atoms with Crippen molar-refractivity contribution in [2.75, 3.05) is 19.8 Å². The molecule has 4 nitrogen and oxygen atoms in total. The van der Waals surface area contributed by atoms with Crippen molar-refractivity contribution >= 4 is 21.8 Å². The highest BCUT2D eigenvalue weighted by Crippen LogP contribution is 2.20. The number of ether oxygens (including phenoxy) is 1. The lowest BCUT2D eigenvalue weighted by molar-refractivity contribution is 0.0264. The van der Waals surface area contributed by atoms with E-state index in [9.17, 15) is 14.3 Å². The van der Waals surface area contributed by atoms with E-state index in [1.54, 1.807) is 0 Å². The first-order valence-electron chi connectivity index (χ1n) is 5.54. The molecule has 2 N–H and O–H groups in total. The Morgan fingerprint density at radius 2 is 2.39 bits per heavy atom. The molecule has 1 unspecified atom stereocenters. The number of hydrogen-bond acceptors (Lipinski definition) is 3. The molecule has 1 aliphatic rings. The summed E-state index contributed by atoms with van der Waals surface area (Å²) in [5.74, 6) is -0.775. The Morgan fingerprint density at radius 3 is 3.00 bits per heavy atom. The van der Waals surface area contributed by atoms with Crippen LogP contribution in [0.2, 0.25) is 0 Å². The van der Waals surface area contributed by atoms with Crippen LogP contribution >= 0.6 is 15.9 Å². The van der Waals surface area contributed by atoms with Crippen molar-refractivity contribution in [1.82, 2.24) is 5.32 Å². The van der Waals surface area contributed by atoms with Crippen LogP contribution in [0.25, 0.3) is 0 Å². The van der Waals surface area contributed by atoms with E-state index in [4.69, 9.17) is 4.74 Å². The number of carbonyl (C=O) groups excluding carboxylic acids is 1. The summed E-state index contributed by atoms with van der Waals surface area (Å²) in [5.41, 5.74) is -0.666. The second-order valence-electron chi connectivity index (χ2n) is 4.33. The van der Waals surface area contributed by atoms with E-state index in [-0.39, 0.29) is 19.1 Å². The average molecular weight is 318 g/mol. The van der Waals surface area contributed by atoms with Gasteiger partial charge in [0.1, 0.15) is 11.4 Å². The first kappa shape index (κ1) is 13.5. The van der Waals surface area contributed by atoms with Gasteiger partial charge in [-0.15, -0.1) is 0 Å². The third-order valence-electron chi connectivity index (χ3n) is 2.84. The normalized spacial score (nSPS) is 23.1. The van der Waals surface area contributed by atoms with Gasteiger partial charge in [-0.05, 0) is 34.1 Å². The maximum atomic E-state index is 12.9. The maximum absolute atomic E-state index is 12.9. The van der Waals surface area contributed by atoms with Crippen molar-refractivity contribution in [1.29, 1.82) is 0 Å². The van der Waals surface area contributed by atoms with Crippen LogP contribution < -0.4 is 5.32 Å². The fraction of sp³-hybridized carbons (Fsp3) is 0.417. The Morgan fingerprint density at radius 1 is 1.61 bits per heavy atom. The van der Waals surface area contributed by atoms with Crippen LogP contribution in [0.4, 0.5) is 4.39 Å². The summed E-state index contributed by atoms with van der Waals surface area (Å²) in [6.07, 6.45) is 0.498. The molecule has 0 radical (unpaired) electrons. The Kier molecular flexibility index (Phi) is 3.99. The molecule has 1 atom stereocenters. The third-order valence-corrected chi connectivity index (χ3v) is 3.49. The lowest BCUT2D eigenvalue weighted by atomic mass is 10.0. The third kappa shape index (κ3) is 3.07. The van der Waals surface area contributed by atoms with E-state index in [0.29, 0.717) is 23.1 Å². The summed E-state index contributed by atoms with van der Waals surface area (Å²) in [6.45, 7) is 0.833. The number of amides is 1. The van der Waals surface area contributed by atoms with Crippen molar-refractivity contribution in [3.8, 4) is 0 Å². The van der Waals surface area contributed by atoms with Gasteiger partial charge in [-0.1, -0.05) is 0 Å². The molecule has 0 saturated carbocycles. The van der Waals surface area contributed by atoms with Crippen LogP contribution in [0.15, 0.2) is 22.7 Å². The average Bonchev–Trinajstić information content (AvgIpc) is 2.74. The van der Waals surface area contributed by atoms with Crippen molar-refractivity contribution in [3.63, 3.8) is 0 Å². The highest BCUT2D eigenvalue weighted by atomic mass is 79.9. The number of benzene rings is 1. The molecule has 98 valence electrons. The SMILES string of the molecule is O=C(NCC1(O)CCOC1)c1ccc(F)cc1Br. The van der Waals surface area contributed by atoms with Crippen molar-refractivity contribution < 1.29 is 19.0 Å². The molecule has 1 fully saturated rings. The zero-order valence-electron chi connectivity index (χ0n) is 9.58. The first-order chi connectivity index (χ1) is 8.50. The number of hydrogen-bond donors (Lipinski definition) is 2. The van der Waals surface area contributed by atoms with E-state index in [1.165, 1.54) is 18.2 Å². The molecule has 1 aromatic carbocycles. The molecule has 0 bridgehead atoms. The van der Waals surface area contributed by atoms with E-state index in [1.807, 2.05) is 0 Å². The highest BCUT2D eigenvalue weighted by Gasteiger charge is 2.32. The van der Waals surface area contributed by atoms with Gasteiger partial charge >= 0.3 is 0 Å². The number of rotatable bonds is 3. The number of aliphatic hydroxyl groups is 1. The molecule has 1 saturated heterocycles. The van der Waals surface area contributed by atoms with Crippen LogP contribution in [0.5, 0.6) is 0 Å². The van der Waals surface area contributed by atoms with E-state index >= 15 is 0 Å². The zero-order valence-corrected chi connectivity index (χ0v) is 11.2. The fourth-order valence-electron chi connectivity index (χ4n) is 1.75. The molecular formula is C12H13BrFNO3. The van der Waals surface area contributed by atoms with Gasteiger partial charge in [0.15, 0.2) is 0 Å². The van der Waals surface area contributed by atoms with Crippen LogP contribution in [0.3, 0.4) is 0 Å². The van der Waals surface area contributed by atoms with Crippen LogP contribution in [-0.4, -0.2) is 36.4 Å². The summed E-state index contributed by atoms with van der Waals surface area (Å²) in [4.78, 5) is 11.9. The van der Waals surface area contributed by atoms with Crippen LogP contribution in [-0.2, 0) is 4.74 Å². The molecule has 1 aromatic rings. The molecule has 1 aliphatic heterocycles. The molecule has 18 heavy (non-hydrogen) atoms. The quantitative estimate of drug-likeness (QED) is 0.887. The number of nitrogens with one attached hydrogen (secondary N) is 1. The molecule has 2 rings (SSSR count). The van der Waals surface area contributed by atoms with E-state index in [2.05, 4.69) is 21.2 Å². The lowest BCUT2D eigenvalue weighted by Gasteiger charge is -2.20. The standard InChI is InChI=1S/C12H13BrFNO3/c13-10-5-8(14)1-2-9(10)11(16)15-6-12(17)3-4-18-7-12/h1-2,5,17H,3-4,6-7H2,(H,15,16). The van der Waals surface area contributed by atoms with Gasteiger partial charge in [-0.3, -0.25) is 4.79 Å². The van der Waals surface area contributed by atoms with E-state index in [0.717, 1.165) is 0 Å². The largest absolute Gasteiger partial charge is 0.386 e. The predicted molar refractivity (Wildman–Crippen MR) is 66.8 cm³/mol. The Balaban J connectivity index is 1.99. The molecule has 1 heterocycles. The first-order valence-corrected chi connectivity index (χ1v) is 6.33. The molecule has 0 spiro atoms. The van der Waals surface area contributed by atoms with Crippen LogP contribution in [0, 0.1) is 5.82 Å². The van der Waals surface area contributed by atoms with Gasteiger partial charge in [0.25, 0.3) is 5.91 Å². The summed E-state index contributed by atoms with van der Waals surface area (Å²) < 4.78 is 18.3. The monoisotopic (exact) mass is 317 g/mol. The molecule has 6 heteroatoms. The Hall–Kier alpha value is -0.980. The molecule has 0 aromatic heterocycles. The fourth-order valence-corrected chi connectivity index (χ4v) is 2.28.